The highest BCUT2D eigenvalue weighted by Crippen LogP contribution is 1.90. The SMILES string of the molecule is Cn1c(=O)[nH]c2ncc(=O)[nH]c2c1=O. The fourth-order valence-electron chi connectivity index (χ4n) is 1.10. The first-order valence-corrected chi connectivity index (χ1v) is 3.78. The second-order valence-corrected chi connectivity index (χ2v) is 2.77. The molecule has 0 aromatic carbocycles. The lowest BCUT2D eigenvalue weighted by atomic mass is 10.5. The molecule has 72 valence electrons. The third-order valence-corrected chi connectivity index (χ3v) is 1.84. The molecule has 0 saturated heterocycles. The maximum absolute atomic E-state index is 11.4. The van der Waals surface area contributed by atoms with Crippen molar-refractivity contribution < 1.29 is 0 Å². The summed E-state index contributed by atoms with van der Waals surface area (Å²) in [5.41, 5.74) is -1.55. The van der Waals surface area contributed by atoms with Crippen molar-refractivity contribution in [3.8, 4) is 0 Å². The molecule has 7 nitrogen and oxygen atoms in total. The molecule has 0 bridgehead atoms. The van der Waals surface area contributed by atoms with Crippen LogP contribution in [0.2, 0.25) is 0 Å². The Labute approximate surface area is 76.1 Å². The molecule has 0 aliphatic rings. The van der Waals surface area contributed by atoms with E-state index < -0.39 is 16.8 Å². The average molecular weight is 194 g/mol. The normalized spacial score (nSPS) is 10.6. The Bertz CT molecular complexity index is 663. The van der Waals surface area contributed by atoms with Gasteiger partial charge in [0.05, 0.1) is 6.20 Å². The van der Waals surface area contributed by atoms with E-state index in [0.717, 1.165) is 10.8 Å². The molecule has 0 fully saturated rings. The van der Waals surface area contributed by atoms with Gasteiger partial charge in [-0.1, -0.05) is 0 Å². The molecule has 0 spiro atoms. The highest BCUT2D eigenvalue weighted by molar-refractivity contribution is 5.66. The van der Waals surface area contributed by atoms with E-state index in [1.807, 2.05) is 0 Å². The number of aromatic amines is 2. The number of rotatable bonds is 0. The molecule has 14 heavy (non-hydrogen) atoms. The van der Waals surface area contributed by atoms with E-state index in [9.17, 15) is 14.4 Å². The Hall–Kier alpha value is -2.18. The third-order valence-electron chi connectivity index (χ3n) is 1.84. The summed E-state index contributed by atoms with van der Waals surface area (Å²) >= 11 is 0. The van der Waals surface area contributed by atoms with Gasteiger partial charge < -0.3 is 4.98 Å². The molecule has 0 atom stereocenters. The van der Waals surface area contributed by atoms with Crippen LogP contribution in [0, 0.1) is 0 Å². The number of nitrogens with zero attached hydrogens (tertiary/aromatic N) is 2. The van der Waals surface area contributed by atoms with Crippen LogP contribution >= 0.6 is 0 Å². The van der Waals surface area contributed by atoms with Crippen LogP contribution in [0.5, 0.6) is 0 Å². The molecule has 2 N–H and O–H groups in total. The van der Waals surface area contributed by atoms with Gasteiger partial charge in [0, 0.05) is 7.05 Å². The Kier molecular flexibility index (Phi) is 1.60. The molecule has 0 aliphatic heterocycles. The molecule has 2 aromatic rings. The molecule has 2 rings (SSSR count). The minimum absolute atomic E-state index is 0.000370. The van der Waals surface area contributed by atoms with E-state index in [4.69, 9.17) is 0 Å². The fourth-order valence-corrected chi connectivity index (χ4v) is 1.10. The minimum Gasteiger partial charge on any atom is -0.313 e. The van der Waals surface area contributed by atoms with Crippen molar-refractivity contribution in [3.05, 3.63) is 37.4 Å². The van der Waals surface area contributed by atoms with E-state index in [2.05, 4.69) is 15.0 Å². The summed E-state index contributed by atoms with van der Waals surface area (Å²) in [5, 5.41) is 0. The van der Waals surface area contributed by atoms with Crippen molar-refractivity contribution in [1.29, 1.82) is 0 Å². The zero-order valence-corrected chi connectivity index (χ0v) is 7.20. The first kappa shape index (κ1) is 8.42. The zero-order valence-electron chi connectivity index (χ0n) is 7.20. The topological polar surface area (TPSA) is 101 Å². The molecule has 0 unspecified atom stereocenters. The lowest BCUT2D eigenvalue weighted by Gasteiger charge is -1.97. The second kappa shape index (κ2) is 2.66. The van der Waals surface area contributed by atoms with Crippen LogP contribution in [0.4, 0.5) is 0 Å². The van der Waals surface area contributed by atoms with Gasteiger partial charge in [-0.25, -0.2) is 9.78 Å². The van der Waals surface area contributed by atoms with E-state index in [1.54, 1.807) is 0 Å². The van der Waals surface area contributed by atoms with E-state index in [0.29, 0.717) is 0 Å². The summed E-state index contributed by atoms with van der Waals surface area (Å²) in [6.45, 7) is 0. The summed E-state index contributed by atoms with van der Waals surface area (Å²) in [6, 6.07) is 0. The van der Waals surface area contributed by atoms with Crippen LogP contribution in [0.1, 0.15) is 0 Å². The van der Waals surface area contributed by atoms with Gasteiger partial charge in [0.1, 0.15) is 0 Å². The minimum atomic E-state index is -0.575. The van der Waals surface area contributed by atoms with Gasteiger partial charge in [-0.3, -0.25) is 19.1 Å². The van der Waals surface area contributed by atoms with Crippen molar-refractivity contribution in [3.63, 3.8) is 0 Å². The summed E-state index contributed by atoms with van der Waals surface area (Å²) < 4.78 is 0.861. The molecular weight excluding hydrogens is 188 g/mol. The van der Waals surface area contributed by atoms with Crippen LogP contribution in [0.15, 0.2) is 20.6 Å². The van der Waals surface area contributed by atoms with Crippen LogP contribution in [-0.4, -0.2) is 19.5 Å². The predicted octanol–water partition coefficient (Wildman–Crippen LogP) is -1.69. The van der Waals surface area contributed by atoms with E-state index in [1.165, 1.54) is 7.05 Å². The first-order valence-electron chi connectivity index (χ1n) is 3.78. The van der Waals surface area contributed by atoms with E-state index in [-0.39, 0.29) is 11.2 Å². The number of H-pyrrole nitrogens is 2. The molecular formula is C7H6N4O3. The van der Waals surface area contributed by atoms with Crippen molar-refractivity contribution in [2.24, 2.45) is 7.05 Å². The number of nitrogens with one attached hydrogen (secondary N) is 2. The third kappa shape index (κ3) is 1.06. The summed E-state index contributed by atoms with van der Waals surface area (Å²) in [7, 11) is 1.31. The summed E-state index contributed by atoms with van der Waals surface area (Å²) in [4.78, 5) is 41.7. The predicted molar refractivity (Wildman–Crippen MR) is 48.2 cm³/mol. The fraction of sp³-hybridized carbons (Fsp3) is 0.143. The Morgan fingerprint density at radius 1 is 1.29 bits per heavy atom. The number of hydrogen-bond donors (Lipinski definition) is 2. The first-order chi connectivity index (χ1) is 6.59. The highest BCUT2D eigenvalue weighted by atomic mass is 16.2. The quantitative estimate of drug-likeness (QED) is 0.522. The van der Waals surface area contributed by atoms with Crippen LogP contribution in [0.3, 0.4) is 0 Å². The smallest absolute Gasteiger partial charge is 0.313 e. The molecule has 2 aromatic heterocycles. The average Bonchev–Trinajstić information content (AvgIpc) is 2.16. The van der Waals surface area contributed by atoms with Gasteiger partial charge in [0.15, 0.2) is 11.2 Å². The Morgan fingerprint density at radius 2 is 2.00 bits per heavy atom. The maximum atomic E-state index is 11.4. The molecule has 7 heteroatoms. The monoisotopic (exact) mass is 194 g/mol. The standard InChI is InChI=1S/C7H6N4O3/c1-11-6(13)4-5(10-7(11)14)8-2-3(12)9-4/h2H,1H3,(H,9,12)(H,8,10,14). The Balaban J connectivity index is 3.15. The zero-order chi connectivity index (χ0) is 10.3. The number of fused-ring (bicyclic) bond motifs is 1. The van der Waals surface area contributed by atoms with Crippen molar-refractivity contribution in [2.75, 3.05) is 0 Å². The van der Waals surface area contributed by atoms with Crippen molar-refractivity contribution in [1.82, 2.24) is 19.5 Å². The van der Waals surface area contributed by atoms with Gasteiger partial charge in [-0.15, -0.1) is 0 Å². The highest BCUT2D eigenvalue weighted by Gasteiger charge is 2.05. The summed E-state index contributed by atoms with van der Waals surface area (Å²) in [5.74, 6) is 0. The van der Waals surface area contributed by atoms with Gasteiger partial charge in [0.2, 0.25) is 0 Å². The lowest BCUT2D eigenvalue weighted by molar-refractivity contribution is 0.785. The van der Waals surface area contributed by atoms with Crippen LogP contribution < -0.4 is 16.8 Å². The van der Waals surface area contributed by atoms with Gasteiger partial charge in [0.25, 0.3) is 11.1 Å². The van der Waals surface area contributed by atoms with Gasteiger partial charge in [-0.05, 0) is 0 Å². The molecule has 0 radical (unpaired) electrons. The number of aromatic nitrogens is 4. The van der Waals surface area contributed by atoms with Gasteiger partial charge in [-0.2, -0.15) is 0 Å². The summed E-state index contributed by atoms with van der Waals surface area (Å²) in [6.07, 6.45) is 0.998. The lowest BCUT2D eigenvalue weighted by Crippen LogP contribution is -2.34. The Morgan fingerprint density at radius 3 is 2.71 bits per heavy atom. The number of hydrogen-bond acceptors (Lipinski definition) is 4. The van der Waals surface area contributed by atoms with Crippen LogP contribution in [-0.2, 0) is 7.05 Å². The molecule has 0 amide bonds. The second-order valence-electron chi connectivity index (χ2n) is 2.77. The van der Waals surface area contributed by atoms with Gasteiger partial charge >= 0.3 is 5.69 Å². The molecule has 0 saturated carbocycles. The van der Waals surface area contributed by atoms with Crippen molar-refractivity contribution >= 4 is 11.2 Å². The largest absolute Gasteiger partial charge is 0.329 e. The van der Waals surface area contributed by atoms with Crippen LogP contribution in [0.25, 0.3) is 11.2 Å². The maximum Gasteiger partial charge on any atom is 0.329 e. The van der Waals surface area contributed by atoms with Crippen molar-refractivity contribution in [2.45, 2.75) is 0 Å². The molecule has 0 aliphatic carbocycles. The van der Waals surface area contributed by atoms with E-state index >= 15 is 0 Å². The molecule has 2 heterocycles.